The van der Waals surface area contributed by atoms with E-state index in [2.05, 4.69) is 20.0 Å². The number of methoxy groups -OCH3 is 2. The van der Waals surface area contributed by atoms with Crippen molar-refractivity contribution in [3.05, 3.63) is 39.6 Å². The van der Waals surface area contributed by atoms with Gasteiger partial charge in [-0.1, -0.05) is 16.7 Å². The Hall–Kier alpha value is -2.08. The third-order valence-electron chi connectivity index (χ3n) is 2.80. The van der Waals surface area contributed by atoms with Crippen LogP contribution in [-0.4, -0.2) is 30.8 Å². The maximum Gasteiger partial charge on any atom is 0.222 e. The summed E-state index contributed by atoms with van der Waals surface area (Å²) in [5.41, 5.74) is 9.38. The van der Waals surface area contributed by atoms with Gasteiger partial charge in [-0.15, -0.1) is 0 Å². The van der Waals surface area contributed by atoms with Crippen LogP contribution < -0.4 is 4.74 Å². The average Bonchev–Trinajstić information content (AvgIpc) is 2.45. The van der Waals surface area contributed by atoms with Crippen molar-refractivity contribution in [1.82, 2.24) is 9.97 Å². The predicted molar refractivity (Wildman–Crippen MR) is 74.9 cm³/mol. The molecule has 8 heteroatoms. The first kappa shape index (κ1) is 14.3. The smallest absolute Gasteiger partial charge is 0.222 e. The van der Waals surface area contributed by atoms with Crippen LogP contribution in [0.1, 0.15) is 11.6 Å². The van der Waals surface area contributed by atoms with Gasteiger partial charge < -0.3 is 9.47 Å². The van der Waals surface area contributed by atoms with Crippen LogP contribution in [0, 0.1) is 0 Å². The lowest BCUT2D eigenvalue weighted by Crippen LogP contribution is -2.05. The number of hydrogen-bond donors (Lipinski definition) is 0. The molecule has 0 radical (unpaired) electrons. The van der Waals surface area contributed by atoms with E-state index in [9.17, 15) is 0 Å². The van der Waals surface area contributed by atoms with Crippen molar-refractivity contribution in [2.75, 3.05) is 20.8 Å². The van der Waals surface area contributed by atoms with Crippen molar-refractivity contribution in [3.63, 3.8) is 0 Å². The van der Waals surface area contributed by atoms with E-state index in [-0.39, 0.29) is 6.61 Å². The van der Waals surface area contributed by atoms with Crippen LogP contribution in [0.3, 0.4) is 0 Å². The first-order valence-corrected chi connectivity index (χ1v) is 6.10. The first-order valence-electron chi connectivity index (χ1n) is 5.72. The molecule has 0 unspecified atom stereocenters. The largest absolute Gasteiger partial charge is 0.481 e. The molecule has 7 nitrogen and oxygen atoms in total. The molecule has 0 aliphatic carbocycles. The van der Waals surface area contributed by atoms with E-state index in [0.29, 0.717) is 22.0 Å². The van der Waals surface area contributed by atoms with E-state index in [1.165, 1.54) is 14.2 Å². The second kappa shape index (κ2) is 6.38. The molecule has 2 aromatic heterocycles. The Balaban J connectivity index is 2.69. The molecule has 0 aromatic carbocycles. The fourth-order valence-electron chi connectivity index (χ4n) is 1.94. The summed E-state index contributed by atoms with van der Waals surface area (Å²) in [6, 6.07) is 1.19. The second-order valence-corrected chi connectivity index (χ2v) is 4.34. The molecule has 0 aliphatic heterocycles. The molecular weight excluding hydrogens is 282 g/mol. The van der Waals surface area contributed by atoms with E-state index >= 15 is 0 Å². The van der Waals surface area contributed by atoms with Gasteiger partial charge in [0.1, 0.15) is 5.15 Å². The highest BCUT2D eigenvalue weighted by molar-refractivity contribution is 6.30. The maximum absolute atomic E-state index is 8.67. The minimum absolute atomic E-state index is 0.243. The number of ether oxygens (including phenoxy) is 2. The van der Waals surface area contributed by atoms with Crippen LogP contribution in [0.2, 0.25) is 5.15 Å². The second-order valence-electron chi connectivity index (χ2n) is 3.95. The van der Waals surface area contributed by atoms with Gasteiger partial charge >= 0.3 is 0 Å². The lowest BCUT2D eigenvalue weighted by molar-refractivity contribution is 0.181. The lowest BCUT2D eigenvalue weighted by Gasteiger charge is -2.14. The molecule has 0 N–H and O–H groups in total. The zero-order valence-electron chi connectivity index (χ0n) is 10.9. The van der Waals surface area contributed by atoms with Gasteiger partial charge in [-0.2, -0.15) is 0 Å². The van der Waals surface area contributed by atoms with Crippen molar-refractivity contribution < 1.29 is 9.47 Å². The maximum atomic E-state index is 8.67. The molecule has 0 fully saturated rings. The summed E-state index contributed by atoms with van der Waals surface area (Å²) >= 11 is 5.94. The van der Waals surface area contributed by atoms with Gasteiger partial charge in [0.25, 0.3) is 0 Å². The van der Waals surface area contributed by atoms with Crippen molar-refractivity contribution in [2.45, 2.75) is 6.04 Å². The number of rotatable bonds is 5. The molecule has 104 valence electrons. The molecule has 20 heavy (non-hydrogen) atoms. The van der Waals surface area contributed by atoms with Gasteiger partial charge in [-0.05, 0) is 22.5 Å². The topological polar surface area (TPSA) is 93.0 Å². The fraction of sp³-hybridized carbons (Fsp3) is 0.333. The van der Waals surface area contributed by atoms with E-state index in [4.69, 9.17) is 26.6 Å². The minimum Gasteiger partial charge on any atom is -0.481 e. The van der Waals surface area contributed by atoms with E-state index < -0.39 is 6.04 Å². The summed E-state index contributed by atoms with van der Waals surface area (Å²) in [5.74, 6) is 0.435. The van der Waals surface area contributed by atoms with Crippen LogP contribution in [-0.2, 0) is 4.74 Å². The normalized spacial score (nSPS) is 11.9. The summed E-state index contributed by atoms with van der Waals surface area (Å²) in [7, 11) is 3.06. The van der Waals surface area contributed by atoms with Crippen LogP contribution in [0.4, 0.5) is 0 Å². The quantitative estimate of drug-likeness (QED) is 0.366. The number of halogens is 1. The number of fused-ring (bicyclic) bond motifs is 1. The molecule has 0 aliphatic rings. The van der Waals surface area contributed by atoms with Gasteiger partial charge in [0.15, 0.2) is 0 Å². The third kappa shape index (κ3) is 2.75. The standard InChI is InChI=1S/C12H12ClN5O2/c1-19-6-10(17-18-14)8-4-16-12(20-2)9-5-15-11(13)3-7(8)9/h3-5,10H,6H2,1-2H3/t10-/m1/s1. The van der Waals surface area contributed by atoms with Gasteiger partial charge in [0, 0.05) is 24.4 Å². The zero-order valence-corrected chi connectivity index (χ0v) is 11.7. The summed E-state index contributed by atoms with van der Waals surface area (Å²) < 4.78 is 10.3. The van der Waals surface area contributed by atoms with Crippen molar-refractivity contribution in [2.24, 2.45) is 5.11 Å². The first-order chi connectivity index (χ1) is 9.71. The molecule has 0 saturated heterocycles. The summed E-state index contributed by atoms with van der Waals surface area (Å²) in [6.07, 6.45) is 3.17. The fourth-order valence-corrected chi connectivity index (χ4v) is 2.10. The molecule has 1 atom stereocenters. The highest BCUT2D eigenvalue weighted by Crippen LogP contribution is 2.32. The Morgan fingerprint density at radius 1 is 1.35 bits per heavy atom. The highest BCUT2D eigenvalue weighted by Gasteiger charge is 2.16. The van der Waals surface area contributed by atoms with Gasteiger partial charge in [0.05, 0.1) is 25.1 Å². The Morgan fingerprint density at radius 3 is 2.80 bits per heavy atom. The summed E-state index contributed by atoms with van der Waals surface area (Å²) in [5, 5.41) is 5.54. The SMILES string of the molecule is COC[C@@H](N=[N+]=[N-])c1cnc(OC)c2cnc(Cl)cc12. The number of nitrogens with zero attached hydrogens (tertiary/aromatic N) is 5. The molecule has 0 saturated carbocycles. The number of pyridine rings is 2. The average molecular weight is 294 g/mol. The number of azide groups is 1. The predicted octanol–water partition coefficient (Wildman–Crippen LogP) is 3.29. The minimum atomic E-state index is -0.496. The molecule has 0 bridgehead atoms. The molecule has 0 amide bonds. The molecular formula is C12H12ClN5O2. The van der Waals surface area contributed by atoms with Crippen LogP contribution in [0.15, 0.2) is 23.6 Å². The van der Waals surface area contributed by atoms with Crippen LogP contribution >= 0.6 is 11.6 Å². The monoisotopic (exact) mass is 293 g/mol. The Kier molecular flexibility index (Phi) is 4.57. The van der Waals surface area contributed by atoms with E-state index in [1.54, 1.807) is 18.5 Å². The van der Waals surface area contributed by atoms with Crippen molar-refractivity contribution in [1.29, 1.82) is 0 Å². The lowest BCUT2D eigenvalue weighted by atomic mass is 10.0. The molecule has 0 spiro atoms. The van der Waals surface area contributed by atoms with Crippen LogP contribution in [0.5, 0.6) is 5.88 Å². The number of aromatic nitrogens is 2. The van der Waals surface area contributed by atoms with Crippen molar-refractivity contribution >= 4 is 22.4 Å². The van der Waals surface area contributed by atoms with Crippen molar-refractivity contribution in [3.8, 4) is 5.88 Å². The number of hydrogen-bond acceptors (Lipinski definition) is 5. The Labute approximate surface area is 120 Å². The third-order valence-corrected chi connectivity index (χ3v) is 3.01. The van der Waals surface area contributed by atoms with Gasteiger partial charge in [-0.25, -0.2) is 9.97 Å². The molecule has 2 heterocycles. The van der Waals surface area contributed by atoms with Gasteiger partial charge in [0.2, 0.25) is 5.88 Å². The Morgan fingerprint density at radius 2 is 2.15 bits per heavy atom. The summed E-state index contributed by atoms with van der Waals surface area (Å²) in [6.45, 7) is 0.243. The highest BCUT2D eigenvalue weighted by atomic mass is 35.5. The molecule has 2 rings (SSSR count). The van der Waals surface area contributed by atoms with E-state index in [1.807, 2.05) is 0 Å². The van der Waals surface area contributed by atoms with Gasteiger partial charge in [-0.3, -0.25) is 0 Å². The molecule has 2 aromatic rings. The summed E-state index contributed by atoms with van der Waals surface area (Å²) in [4.78, 5) is 11.1. The van der Waals surface area contributed by atoms with Crippen LogP contribution in [0.25, 0.3) is 21.2 Å². The zero-order chi connectivity index (χ0) is 14.5. The van der Waals surface area contributed by atoms with E-state index in [0.717, 1.165) is 5.39 Å². The Bertz CT molecular complexity index is 672.